The molecule has 0 spiro atoms. The first-order chi connectivity index (χ1) is 8.32. The highest BCUT2D eigenvalue weighted by atomic mass is 32.1. The number of hydrogen-bond donors (Lipinski definition) is 1. The van der Waals surface area contributed by atoms with Crippen molar-refractivity contribution in [3.05, 3.63) is 23.4 Å². The fraction of sp³-hybridized carbons (Fsp3) is 0.417. The SMILES string of the molecule is Cc1ccc(C(N)=S)c(N(C)CC(=O)N(C)C)n1. The molecular formula is C12H18N4OS. The van der Waals surface area contributed by atoms with Crippen LogP contribution >= 0.6 is 12.2 Å². The number of amides is 1. The Morgan fingerprint density at radius 2 is 2.00 bits per heavy atom. The standard InChI is InChI=1S/C12H18N4OS/c1-8-5-6-9(11(13)18)12(14-8)16(4)7-10(17)15(2)3/h5-6H,7H2,1-4H3,(H2,13,18). The number of nitrogens with two attached hydrogens (primary N) is 1. The van der Waals surface area contributed by atoms with Crippen LogP contribution in [-0.4, -0.2) is 48.5 Å². The molecule has 0 aliphatic rings. The number of pyridine rings is 1. The van der Waals surface area contributed by atoms with E-state index >= 15 is 0 Å². The van der Waals surface area contributed by atoms with Crippen molar-refractivity contribution in [2.45, 2.75) is 6.92 Å². The Morgan fingerprint density at radius 1 is 1.39 bits per heavy atom. The zero-order valence-electron chi connectivity index (χ0n) is 11.1. The second-order valence-corrected chi connectivity index (χ2v) is 4.77. The Kier molecular flexibility index (Phi) is 4.61. The number of likely N-dealkylation sites (N-methyl/N-ethyl adjacent to an activating group) is 2. The maximum absolute atomic E-state index is 11.7. The summed E-state index contributed by atoms with van der Waals surface area (Å²) in [4.78, 5) is 19.6. The fourth-order valence-corrected chi connectivity index (χ4v) is 1.60. The van der Waals surface area contributed by atoms with Crippen LogP contribution in [0, 0.1) is 6.92 Å². The number of nitrogens with zero attached hydrogens (tertiary/aromatic N) is 3. The summed E-state index contributed by atoms with van der Waals surface area (Å²) in [6.45, 7) is 2.12. The Balaban J connectivity index is 3.04. The van der Waals surface area contributed by atoms with Gasteiger partial charge in [-0.3, -0.25) is 4.79 Å². The summed E-state index contributed by atoms with van der Waals surface area (Å²) in [7, 11) is 5.23. The summed E-state index contributed by atoms with van der Waals surface area (Å²) in [5, 5.41) is 0. The van der Waals surface area contributed by atoms with Gasteiger partial charge < -0.3 is 15.5 Å². The number of aryl methyl sites for hydroxylation is 1. The predicted octanol–water partition coefficient (Wildman–Crippen LogP) is 0.549. The van der Waals surface area contributed by atoms with E-state index in [1.54, 1.807) is 26.0 Å². The molecule has 0 fully saturated rings. The van der Waals surface area contributed by atoms with Crippen LogP contribution < -0.4 is 10.6 Å². The lowest BCUT2D eigenvalue weighted by Crippen LogP contribution is -2.35. The van der Waals surface area contributed by atoms with Gasteiger partial charge in [-0.25, -0.2) is 4.98 Å². The molecule has 0 radical (unpaired) electrons. The highest BCUT2D eigenvalue weighted by Crippen LogP contribution is 2.17. The molecule has 1 rings (SSSR count). The van der Waals surface area contributed by atoms with Gasteiger partial charge in [-0.05, 0) is 19.1 Å². The van der Waals surface area contributed by atoms with E-state index in [1.165, 1.54) is 4.90 Å². The molecule has 18 heavy (non-hydrogen) atoms. The number of hydrogen-bond acceptors (Lipinski definition) is 4. The number of carbonyl (C=O) groups excluding carboxylic acids is 1. The second kappa shape index (κ2) is 5.77. The van der Waals surface area contributed by atoms with Crippen LogP contribution in [-0.2, 0) is 4.79 Å². The van der Waals surface area contributed by atoms with Gasteiger partial charge in [-0.1, -0.05) is 12.2 Å². The monoisotopic (exact) mass is 266 g/mol. The van der Waals surface area contributed by atoms with Crippen LogP contribution in [0.3, 0.4) is 0 Å². The predicted molar refractivity (Wildman–Crippen MR) is 76.8 cm³/mol. The van der Waals surface area contributed by atoms with E-state index in [1.807, 2.05) is 19.1 Å². The number of carbonyl (C=O) groups is 1. The van der Waals surface area contributed by atoms with Gasteiger partial charge in [0.1, 0.15) is 10.8 Å². The van der Waals surface area contributed by atoms with Gasteiger partial charge in [-0.2, -0.15) is 0 Å². The van der Waals surface area contributed by atoms with E-state index in [-0.39, 0.29) is 17.4 Å². The van der Waals surface area contributed by atoms with Crippen molar-refractivity contribution in [2.75, 3.05) is 32.6 Å². The molecule has 0 saturated heterocycles. The summed E-state index contributed by atoms with van der Waals surface area (Å²) in [5.41, 5.74) is 7.20. The summed E-state index contributed by atoms with van der Waals surface area (Å²) in [6.07, 6.45) is 0. The lowest BCUT2D eigenvalue weighted by atomic mass is 10.2. The molecular weight excluding hydrogens is 248 g/mol. The fourth-order valence-electron chi connectivity index (χ4n) is 1.45. The van der Waals surface area contributed by atoms with E-state index < -0.39 is 0 Å². The minimum atomic E-state index is -0.00491. The van der Waals surface area contributed by atoms with Gasteiger partial charge in [0.25, 0.3) is 0 Å². The van der Waals surface area contributed by atoms with Gasteiger partial charge in [0.05, 0.1) is 12.1 Å². The number of anilines is 1. The van der Waals surface area contributed by atoms with Gasteiger partial charge in [0.2, 0.25) is 5.91 Å². The third-order valence-electron chi connectivity index (χ3n) is 2.51. The first kappa shape index (κ1) is 14.4. The zero-order valence-corrected chi connectivity index (χ0v) is 11.9. The smallest absolute Gasteiger partial charge is 0.241 e. The Bertz CT molecular complexity index is 473. The molecule has 2 N–H and O–H groups in total. The van der Waals surface area contributed by atoms with Gasteiger partial charge in [-0.15, -0.1) is 0 Å². The molecule has 0 saturated carbocycles. The van der Waals surface area contributed by atoms with Crippen LogP contribution in [0.4, 0.5) is 5.82 Å². The van der Waals surface area contributed by atoms with Crippen LogP contribution in [0.5, 0.6) is 0 Å². The quantitative estimate of drug-likeness (QED) is 0.806. The summed E-state index contributed by atoms with van der Waals surface area (Å²) in [5.74, 6) is 0.632. The summed E-state index contributed by atoms with van der Waals surface area (Å²) >= 11 is 4.99. The van der Waals surface area contributed by atoms with E-state index in [0.29, 0.717) is 11.4 Å². The van der Waals surface area contributed by atoms with E-state index in [4.69, 9.17) is 18.0 Å². The molecule has 98 valence electrons. The maximum Gasteiger partial charge on any atom is 0.241 e. The summed E-state index contributed by atoms with van der Waals surface area (Å²) in [6, 6.07) is 3.68. The Labute approximate surface area is 113 Å². The first-order valence-electron chi connectivity index (χ1n) is 5.51. The molecule has 0 unspecified atom stereocenters. The lowest BCUT2D eigenvalue weighted by Gasteiger charge is -2.22. The lowest BCUT2D eigenvalue weighted by molar-refractivity contribution is -0.127. The van der Waals surface area contributed by atoms with Crippen molar-refractivity contribution in [2.24, 2.45) is 5.73 Å². The van der Waals surface area contributed by atoms with Crippen molar-refractivity contribution in [1.29, 1.82) is 0 Å². The third kappa shape index (κ3) is 3.40. The van der Waals surface area contributed by atoms with Gasteiger partial charge in [0, 0.05) is 26.8 Å². The molecule has 0 aromatic carbocycles. The second-order valence-electron chi connectivity index (χ2n) is 4.33. The highest BCUT2D eigenvalue weighted by Gasteiger charge is 2.15. The number of rotatable bonds is 4. The zero-order chi connectivity index (χ0) is 13.9. The first-order valence-corrected chi connectivity index (χ1v) is 5.92. The van der Waals surface area contributed by atoms with Crippen molar-refractivity contribution in [1.82, 2.24) is 9.88 Å². The molecule has 1 amide bonds. The van der Waals surface area contributed by atoms with Crippen molar-refractivity contribution >= 4 is 28.9 Å². The maximum atomic E-state index is 11.7. The van der Waals surface area contributed by atoms with Crippen molar-refractivity contribution < 1.29 is 4.79 Å². The molecule has 6 heteroatoms. The molecule has 0 aliphatic heterocycles. The average molecular weight is 266 g/mol. The molecule has 0 aliphatic carbocycles. The van der Waals surface area contributed by atoms with E-state index in [9.17, 15) is 4.79 Å². The summed E-state index contributed by atoms with van der Waals surface area (Å²) < 4.78 is 0. The Morgan fingerprint density at radius 3 is 2.50 bits per heavy atom. The molecule has 0 atom stereocenters. The van der Waals surface area contributed by atoms with Gasteiger partial charge in [0.15, 0.2) is 0 Å². The average Bonchev–Trinajstić information content (AvgIpc) is 2.28. The normalized spacial score (nSPS) is 10.0. The van der Waals surface area contributed by atoms with E-state index in [0.717, 1.165) is 5.69 Å². The third-order valence-corrected chi connectivity index (χ3v) is 2.73. The van der Waals surface area contributed by atoms with E-state index in [2.05, 4.69) is 4.98 Å². The van der Waals surface area contributed by atoms with Crippen molar-refractivity contribution in [3.8, 4) is 0 Å². The number of aromatic nitrogens is 1. The largest absolute Gasteiger partial charge is 0.389 e. The molecule has 0 bridgehead atoms. The topological polar surface area (TPSA) is 62.5 Å². The molecule has 1 aromatic rings. The molecule has 1 aromatic heterocycles. The molecule has 5 nitrogen and oxygen atoms in total. The van der Waals surface area contributed by atoms with Gasteiger partial charge >= 0.3 is 0 Å². The highest BCUT2D eigenvalue weighted by molar-refractivity contribution is 7.80. The number of thiocarbonyl (C=S) groups is 1. The Hall–Kier alpha value is -1.69. The van der Waals surface area contributed by atoms with Crippen LogP contribution in [0.15, 0.2) is 12.1 Å². The van der Waals surface area contributed by atoms with Crippen molar-refractivity contribution in [3.63, 3.8) is 0 Å². The van der Waals surface area contributed by atoms with Crippen LogP contribution in [0.2, 0.25) is 0 Å². The van der Waals surface area contributed by atoms with Crippen LogP contribution in [0.25, 0.3) is 0 Å². The minimum absolute atomic E-state index is 0.00491. The minimum Gasteiger partial charge on any atom is -0.389 e. The van der Waals surface area contributed by atoms with Crippen LogP contribution in [0.1, 0.15) is 11.3 Å². The molecule has 1 heterocycles.